The van der Waals surface area contributed by atoms with Crippen molar-refractivity contribution in [3.05, 3.63) is 48.0 Å². The molecule has 0 aliphatic heterocycles. The van der Waals surface area contributed by atoms with Gasteiger partial charge in [0, 0.05) is 0 Å². The second kappa shape index (κ2) is 11.7. The highest BCUT2D eigenvalue weighted by molar-refractivity contribution is 5.88. The van der Waals surface area contributed by atoms with Gasteiger partial charge in [-0.2, -0.15) is 0 Å². The summed E-state index contributed by atoms with van der Waals surface area (Å²) < 4.78 is 10.0. The third kappa shape index (κ3) is 8.32. The molecule has 0 radical (unpaired) electrons. The van der Waals surface area contributed by atoms with Gasteiger partial charge in [-0.1, -0.05) is 56.3 Å². The van der Waals surface area contributed by atoms with E-state index in [-0.39, 0.29) is 25.7 Å². The van der Waals surface area contributed by atoms with Gasteiger partial charge < -0.3 is 20.1 Å². The number of nitrogens with one attached hydrogen (secondary N) is 2. The molecular weight excluding hydrogens is 336 g/mol. The van der Waals surface area contributed by atoms with Gasteiger partial charge in [-0.15, -0.1) is 0 Å². The fourth-order valence-electron chi connectivity index (χ4n) is 1.98. The summed E-state index contributed by atoms with van der Waals surface area (Å²) in [4.78, 5) is 35.7. The second-order valence-electron chi connectivity index (χ2n) is 5.90. The van der Waals surface area contributed by atoms with Crippen LogP contribution < -0.4 is 10.6 Å². The highest BCUT2D eigenvalue weighted by Gasteiger charge is 2.25. The quantitative estimate of drug-likeness (QED) is 0.519. The minimum absolute atomic E-state index is 0.108. The maximum absolute atomic E-state index is 12.2. The lowest BCUT2D eigenvalue weighted by Gasteiger charge is -2.21. The smallest absolute Gasteiger partial charge is 0.408 e. The Balaban J connectivity index is 2.44. The molecule has 7 nitrogen and oxygen atoms in total. The van der Waals surface area contributed by atoms with E-state index in [2.05, 4.69) is 10.6 Å². The zero-order valence-electron chi connectivity index (χ0n) is 15.4. The number of hydrogen-bond acceptors (Lipinski definition) is 5. The van der Waals surface area contributed by atoms with Gasteiger partial charge >= 0.3 is 12.1 Å². The van der Waals surface area contributed by atoms with E-state index in [0.717, 1.165) is 5.56 Å². The first-order valence-corrected chi connectivity index (χ1v) is 8.45. The molecule has 0 fully saturated rings. The Morgan fingerprint density at radius 2 is 1.81 bits per heavy atom. The number of carbonyl (C=O) groups excluding carboxylic acids is 3. The summed E-state index contributed by atoms with van der Waals surface area (Å²) >= 11 is 0. The lowest BCUT2D eigenvalue weighted by atomic mass is 10.0. The van der Waals surface area contributed by atoms with E-state index in [1.807, 2.05) is 37.3 Å². The molecule has 0 aliphatic carbocycles. The van der Waals surface area contributed by atoms with Gasteiger partial charge in [-0.05, 0) is 18.4 Å². The van der Waals surface area contributed by atoms with E-state index in [9.17, 15) is 14.4 Å². The summed E-state index contributed by atoms with van der Waals surface area (Å²) in [5, 5.41) is 4.99. The van der Waals surface area contributed by atoms with Crippen molar-refractivity contribution >= 4 is 18.0 Å². The van der Waals surface area contributed by atoms with Crippen molar-refractivity contribution in [1.82, 2.24) is 10.6 Å². The fraction of sp³-hybridized carbons (Fsp3) is 0.421. The van der Waals surface area contributed by atoms with Crippen molar-refractivity contribution in [2.75, 3.05) is 13.2 Å². The molecule has 7 heteroatoms. The average Bonchev–Trinajstić information content (AvgIpc) is 2.63. The largest absolute Gasteiger partial charge is 0.460 e. The van der Waals surface area contributed by atoms with Gasteiger partial charge in [-0.3, -0.25) is 9.59 Å². The van der Waals surface area contributed by atoms with E-state index >= 15 is 0 Å². The molecule has 0 spiro atoms. The first kappa shape index (κ1) is 21.2. The molecule has 0 bridgehead atoms. The molecule has 0 heterocycles. The molecule has 142 valence electrons. The summed E-state index contributed by atoms with van der Waals surface area (Å²) in [7, 11) is 0. The van der Waals surface area contributed by atoms with Crippen LogP contribution in [0.5, 0.6) is 0 Å². The molecule has 1 aromatic carbocycles. The molecule has 2 N–H and O–H groups in total. The third-order valence-electron chi connectivity index (χ3n) is 3.42. The summed E-state index contributed by atoms with van der Waals surface area (Å²) in [5.41, 5.74) is 0.845. The van der Waals surface area contributed by atoms with Crippen LogP contribution in [0, 0.1) is 5.92 Å². The number of amides is 2. The lowest BCUT2D eigenvalue weighted by Crippen LogP contribution is -2.50. The molecule has 0 unspecified atom stereocenters. The van der Waals surface area contributed by atoms with Gasteiger partial charge in [0.2, 0.25) is 5.91 Å². The Kier molecular flexibility index (Phi) is 9.53. The summed E-state index contributed by atoms with van der Waals surface area (Å²) in [6, 6.07) is 8.40. The van der Waals surface area contributed by atoms with Crippen molar-refractivity contribution < 1.29 is 23.9 Å². The highest BCUT2D eigenvalue weighted by Crippen LogP contribution is 2.04. The average molecular weight is 362 g/mol. The number of alkyl carbamates (subject to hydrolysis) is 1. The second-order valence-corrected chi connectivity index (χ2v) is 5.90. The van der Waals surface area contributed by atoms with Gasteiger partial charge in [0.05, 0.1) is 0 Å². The Morgan fingerprint density at radius 1 is 1.12 bits per heavy atom. The molecule has 1 atom stereocenters. The van der Waals surface area contributed by atoms with Crippen molar-refractivity contribution in [2.24, 2.45) is 5.92 Å². The Morgan fingerprint density at radius 3 is 2.42 bits per heavy atom. The van der Waals surface area contributed by atoms with Crippen LogP contribution in [0.15, 0.2) is 42.5 Å². The van der Waals surface area contributed by atoms with Crippen LogP contribution in [-0.2, 0) is 25.7 Å². The monoisotopic (exact) mass is 362 g/mol. The SMILES string of the molecule is C/C=C/COC(=O)CNC(=O)[C@@H](NC(=O)OCc1ccccc1)C(C)C. The van der Waals surface area contributed by atoms with Crippen LogP contribution >= 0.6 is 0 Å². The molecule has 0 aliphatic rings. The molecule has 26 heavy (non-hydrogen) atoms. The molecule has 1 rings (SSSR count). The van der Waals surface area contributed by atoms with Gasteiger partial charge in [0.1, 0.15) is 25.8 Å². The maximum atomic E-state index is 12.2. The molecule has 0 saturated heterocycles. The van der Waals surface area contributed by atoms with E-state index in [0.29, 0.717) is 0 Å². The van der Waals surface area contributed by atoms with Gasteiger partial charge in [-0.25, -0.2) is 4.79 Å². The zero-order chi connectivity index (χ0) is 19.4. The highest BCUT2D eigenvalue weighted by atomic mass is 16.5. The number of esters is 1. The molecular formula is C19H26N2O5. The molecule has 1 aromatic rings. The van der Waals surface area contributed by atoms with Crippen molar-refractivity contribution in [2.45, 2.75) is 33.4 Å². The summed E-state index contributed by atoms with van der Waals surface area (Å²) in [5.74, 6) is -1.21. The van der Waals surface area contributed by atoms with E-state index in [1.54, 1.807) is 26.0 Å². The minimum atomic E-state index is -0.818. The van der Waals surface area contributed by atoms with Crippen LogP contribution in [0.25, 0.3) is 0 Å². The predicted octanol–water partition coefficient (Wildman–Crippen LogP) is 2.17. The number of benzene rings is 1. The Bertz CT molecular complexity index is 614. The minimum Gasteiger partial charge on any atom is -0.460 e. The van der Waals surface area contributed by atoms with E-state index in [1.165, 1.54) is 0 Å². The zero-order valence-corrected chi connectivity index (χ0v) is 15.4. The maximum Gasteiger partial charge on any atom is 0.408 e. The summed E-state index contributed by atoms with van der Waals surface area (Å²) in [6.45, 7) is 5.38. The van der Waals surface area contributed by atoms with Crippen molar-refractivity contribution in [1.29, 1.82) is 0 Å². The number of carbonyl (C=O) groups is 3. The van der Waals surface area contributed by atoms with Crippen LogP contribution in [0.3, 0.4) is 0 Å². The first-order chi connectivity index (χ1) is 12.4. The van der Waals surface area contributed by atoms with Crippen molar-refractivity contribution in [3.63, 3.8) is 0 Å². The predicted molar refractivity (Wildman–Crippen MR) is 97.2 cm³/mol. The van der Waals surface area contributed by atoms with Crippen LogP contribution in [0.1, 0.15) is 26.3 Å². The lowest BCUT2D eigenvalue weighted by molar-refractivity contribution is -0.143. The number of rotatable bonds is 9. The van der Waals surface area contributed by atoms with E-state index in [4.69, 9.17) is 9.47 Å². The number of allylic oxidation sites excluding steroid dienone is 1. The Hall–Kier alpha value is -2.83. The molecule has 2 amide bonds. The molecule has 0 saturated carbocycles. The standard InChI is InChI=1S/C19H26N2O5/c1-4-5-11-25-16(22)12-20-18(23)17(14(2)3)21-19(24)26-13-15-9-7-6-8-10-15/h4-10,14,17H,11-13H2,1-3H3,(H,20,23)(H,21,24)/b5-4+/t17-/m0/s1. The fourth-order valence-corrected chi connectivity index (χ4v) is 1.98. The third-order valence-corrected chi connectivity index (χ3v) is 3.42. The van der Waals surface area contributed by atoms with Crippen LogP contribution in [0.4, 0.5) is 4.79 Å². The van der Waals surface area contributed by atoms with Gasteiger partial charge in [0.25, 0.3) is 0 Å². The summed E-state index contributed by atoms with van der Waals surface area (Å²) in [6.07, 6.45) is 2.74. The number of hydrogen-bond donors (Lipinski definition) is 2. The first-order valence-electron chi connectivity index (χ1n) is 8.45. The topological polar surface area (TPSA) is 93.7 Å². The molecule has 0 aromatic heterocycles. The van der Waals surface area contributed by atoms with Crippen LogP contribution in [0.2, 0.25) is 0 Å². The van der Waals surface area contributed by atoms with Gasteiger partial charge in [0.15, 0.2) is 0 Å². The van der Waals surface area contributed by atoms with Crippen LogP contribution in [-0.4, -0.2) is 37.2 Å². The number of ether oxygens (including phenoxy) is 2. The normalized spacial score (nSPS) is 11.8. The Labute approximate surface area is 153 Å². The van der Waals surface area contributed by atoms with E-state index < -0.39 is 24.0 Å². The van der Waals surface area contributed by atoms with Crippen molar-refractivity contribution in [3.8, 4) is 0 Å².